The molecule has 0 fully saturated rings. The number of anilines is 2. The molecule has 0 radical (unpaired) electrons. The molecule has 0 aliphatic rings. The number of para-hydroxylation sites is 1. The lowest BCUT2D eigenvalue weighted by Gasteiger charge is -2.23. The molecule has 0 unspecified atom stereocenters. The molecule has 0 spiro atoms. The van der Waals surface area contributed by atoms with Crippen molar-refractivity contribution in [2.24, 2.45) is 0 Å². The summed E-state index contributed by atoms with van der Waals surface area (Å²) in [5.41, 5.74) is 0.732. The van der Waals surface area contributed by atoms with E-state index in [0.717, 1.165) is 20.4 Å². The number of carbonyl (C=O) groups is 1. The molecule has 3 aromatic rings. The number of rotatable bonds is 7. The second kappa shape index (κ2) is 9.75. The van der Waals surface area contributed by atoms with Crippen molar-refractivity contribution >= 4 is 62.3 Å². The van der Waals surface area contributed by atoms with Crippen LogP contribution >= 0.6 is 35.0 Å². The molecule has 0 bridgehead atoms. The van der Waals surface area contributed by atoms with Gasteiger partial charge in [-0.05, 0) is 36.4 Å². The highest BCUT2D eigenvalue weighted by Crippen LogP contribution is 2.35. The van der Waals surface area contributed by atoms with Gasteiger partial charge in [-0.3, -0.25) is 9.10 Å². The first kappa shape index (κ1) is 22.5. The zero-order valence-electron chi connectivity index (χ0n) is 15.9. The Morgan fingerprint density at radius 1 is 0.967 bits per heavy atom. The summed E-state index contributed by atoms with van der Waals surface area (Å²) in [6, 6.07) is 21.7. The Balaban J connectivity index is 1.83. The zero-order valence-corrected chi connectivity index (χ0v) is 19.0. The third-order valence-electron chi connectivity index (χ3n) is 4.02. The van der Waals surface area contributed by atoms with E-state index >= 15 is 0 Å². The van der Waals surface area contributed by atoms with Crippen molar-refractivity contribution in [3.05, 3.63) is 82.8 Å². The Morgan fingerprint density at radius 3 is 2.33 bits per heavy atom. The number of nitrogens with one attached hydrogen (secondary N) is 1. The van der Waals surface area contributed by atoms with Crippen LogP contribution in [0.25, 0.3) is 0 Å². The predicted octanol–water partition coefficient (Wildman–Crippen LogP) is 5.55. The molecular weight excluding hydrogens is 463 g/mol. The monoisotopic (exact) mass is 480 g/mol. The van der Waals surface area contributed by atoms with Crippen molar-refractivity contribution in [1.29, 1.82) is 0 Å². The second-order valence-electron chi connectivity index (χ2n) is 6.30. The minimum absolute atomic E-state index is 0.0671. The average molecular weight is 481 g/mol. The van der Waals surface area contributed by atoms with Crippen molar-refractivity contribution in [2.45, 2.75) is 9.79 Å². The molecule has 0 heterocycles. The Hall–Kier alpha value is -2.19. The van der Waals surface area contributed by atoms with Crippen molar-refractivity contribution in [2.75, 3.05) is 22.4 Å². The number of sulfonamides is 1. The highest BCUT2D eigenvalue weighted by molar-refractivity contribution is 7.99. The van der Waals surface area contributed by atoms with Crippen LogP contribution in [0.4, 0.5) is 11.4 Å². The van der Waals surface area contributed by atoms with Crippen molar-refractivity contribution < 1.29 is 13.2 Å². The van der Waals surface area contributed by atoms with E-state index in [9.17, 15) is 13.2 Å². The molecule has 5 nitrogen and oxygen atoms in total. The number of carbonyl (C=O) groups excluding carboxylic acids is 1. The molecule has 0 saturated heterocycles. The summed E-state index contributed by atoms with van der Waals surface area (Å²) < 4.78 is 25.6. The quantitative estimate of drug-likeness (QED) is 0.481. The summed E-state index contributed by atoms with van der Waals surface area (Å²) >= 11 is 13.7. The van der Waals surface area contributed by atoms with Gasteiger partial charge in [0, 0.05) is 9.79 Å². The van der Waals surface area contributed by atoms with Crippen LogP contribution in [0, 0.1) is 0 Å². The number of benzene rings is 3. The SMILES string of the molecule is CS(=O)(=O)N(CC(=O)Nc1ccccc1Sc1ccccc1)c1cccc(Cl)c1Cl. The fraction of sp³-hybridized carbons (Fsp3) is 0.0952. The summed E-state index contributed by atoms with van der Waals surface area (Å²) in [7, 11) is -3.78. The highest BCUT2D eigenvalue weighted by Gasteiger charge is 2.24. The molecule has 156 valence electrons. The first-order chi connectivity index (χ1) is 14.3. The molecule has 0 aromatic heterocycles. The van der Waals surface area contributed by atoms with Crippen LogP contribution in [0.3, 0.4) is 0 Å². The molecule has 0 aliphatic heterocycles. The predicted molar refractivity (Wildman–Crippen MR) is 124 cm³/mol. The van der Waals surface area contributed by atoms with E-state index in [1.54, 1.807) is 24.3 Å². The third-order valence-corrected chi connectivity index (χ3v) is 7.04. The van der Waals surface area contributed by atoms with E-state index in [0.29, 0.717) is 5.69 Å². The second-order valence-corrected chi connectivity index (χ2v) is 10.1. The number of amides is 1. The summed E-state index contributed by atoms with van der Waals surface area (Å²) in [6.45, 7) is -0.441. The van der Waals surface area contributed by atoms with Gasteiger partial charge >= 0.3 is 0 Å². The van der Waals surface area contributed by atoms with E-state index < -0.39 is 22.5 Å². The van der Waals surface area contributed by atoms with Gasteiger partial charge < -0.3 is 5.32 Å². The van der Waals surface area contributed by atoms with Gasteiger partial charge in [0.1, 0.15) is 6.54 Å². The third kappa shape index (κ3) is 5.70. The van der Waals surface area contributed by atoms with Gasteiger partial charge in [-0.1, -0.05) is 71.4 Å². The summed E-state index contributed by atoms with van der Waals surface area (Å²) in [5, 5.41) is 3.06. The van der Waals surface area contributed by atoms with Gasteiger partial charge in [-0.15, -0.1) is 0 Å². The molecule has 1 amide bonds. The maximum atomic E-state index is 12.7. The molecule has 9 heteroatoms. The molecule has 3 rings (SSSR count). The van der Waals surface area contributed by atoms with Crippen LogP contribution in [0.5, 0.6) is 0 Å². The normalized spacial score (nSPS) is 11.2. The molecular formula is C21H18Cl2N2O3S2. The van der Waals surface area contributed by atoms with Crippen LogP contribution in [0.15, 0.2) is 82.6 Å². The Kier molecular flexibility index (Phi) is 7.31. The van der Waals surface area contributed by atoms with Gasteiger partial charge in [0.15, 0.2) is 0 Å². The fourth-order valence-corrected chi connectivity index (χ4v) is 4.89. The van der Waals surface area contributed by atoms with E-state index in [2.05, 4.69) is 5.32 Å². The summed E-state index contributed by atoms with van der Waals surface area (Å²) in [6.07, 6.45) is 1.01. The maximum Gasteiger partial charge on any atom is 0.245 e. The first-order valence-corrected chi connectivity index (χ1v) is 12.2. The van der Waals surface area contributed by atoms with E-state index in [4.69, 9.17) is 23.2 Å². The standard InChI is InChI=1S/C21H18Cl2N2O3S2/c1-30(27,28)25(18-12-7-10-16(22)21(18)23)14-20(26)24-17-11-5-6-13-19(17)29-15-8-3-2-4-9-15/h2-13H,14H2,1H3,(H,24,26). The largest absolute Gasteiger partial charge is 0.323 e. The zero-order chi connectivity index (χ0) is 21.7. The lowest BCUT2D eigenvalue weighted by molar-refractivity contribution is -0.114. The summed E-state index contributed by atoms with van der Waals surface area (Å²) in [4.78, 5) is 14.6. The van der Waals surface area contributed by atoms with Gasteiger partial charge in [-0.2, -0.15) is 0 Å². The number of hydrogen-bond acceptors (Lipinski definition) is 4. The lowest BCUT2D eigenvalue weighted by atomic mass is 10.3. The van der Waals surface area contributed by atoms with E-state index in [-0.39, 0.29) is 15.7 Å². The molecule has 0 aliphatic carbocycles. The van der Waals surface area contributed by atoms with Crippen LogP contribution in [-0.2, 0) is 14.8 Å². The summed E-state index contributed by atoms with van der Waals surface area (Å²) in [5.74, 6) is -0.502. The van der Waals surface area contributed by atoms with Crippen molar-refractivity contribution in [3.63, 3.8) is 0 Å². The van der Waals surface area contributed by atoms with Gasteiger partial charge in [0.25, 0.3) is 0 Å². The Labute approximate surface area is 190 Å². The molecule has 1 N–H and O–H groups in total. The first-order valence-electron chi connectivity index (χ1n) is 8.79. The molecule has 0 saturated carbocycles. The topological polar surface area (TPSA) is 66.5 Å². The van der Waals surface area contributed by atoms with Crippen LogP contribution in [0.1, 0.15) is 0 Å². The smallest absolute Gasteiger partial charge is 0.245 e. The van der Waals surface area contributed by atoms with E-state index in [1.807, 2.05) is 42.5 Å². The molecule has 30 heavy (non-hydrogen) atoms. The maximum absolute atomic E-state index is 12.7. The average Bonchev–Trinajstić information content (AvgIpc) is 2.70. The number of nitrogens with zero attached hydrogens (tertiary/aromatic N) is 1. The molecule has 0 atom stereocenters. The highest BCUT2D eigenvalue weighted by atomic mass is 35.5. The van der Waals surface area contributed by atoms with Crippen molar-refractivity contribution in [3.8, 4) is 0 Å². The molecule has 3 aromatic carbocycles. The Morgan fingerprint density at radius 2 is 1.63 bits per heavy atom. The van der Waals surface area contributed by atoms with Crippen LogP contribution < -0.4 is 9.62 Å². The number of halogens is 2. The van der Waals surface area contributed by atoms with Crippen LogP contribution in [0.2, 0.25) is 10.0 Å². The minimum Gasteiger partial charge on any atom is -0.323 e. The minimum atomic E-state index is -3.78. The van der Waals surface area contributed by atoms with Gasteiger partial charge in [-0.25, -0.2) is 8.42 Å². The van der Waals surface area contributed by atoms with Gasteiger partial charge in [0.05, 0.1) is 27.7 Å². The van der Waals surface area contributed by atoms with Crippen molar-refractivity contribution in [1.82, 2.24) is 0 Å². The fourth-order valence-electron chi connectivity index (χ4n) is 2.66. The van der Waals surface area contributed by atoms with E-state index in [1.165, 1.54) is 17.8 Å². The number of hydrogen-bond donors (Lipinski definition) is 1. The Bertz CT molecular complexity index is 1160. The van der Waals surface area contributed by atoms with Gasteiger partial charge in [0.2, 0.25) is 15.9 Å². The lowest BCUT2D eigenvalue weighted by Crippen LogP contribution is -2.37. The van der Waals surface area contributed by atoms with Crippen LogP contribution in [-0.4, -0.2) is 27.1 Å².